The molecule has 0 saturated carbocycles. The lowest BCUT2D eigenvalue weighted by molar-refractivity contribution is 0.471. The third-order valence-electron chi connectivity index (χ3n) is 3.23. The van der Waals surface area contributed by atoms with Crippen LogP contribution in [0.2, 0.25) is 0 Å². The van der Waals surface area contributed by atoms with Gasteiger partial charge in [0.15, 0.2) is 4.96 Å². The van der Waals surface area contributed by atoms with Gasteiger partial charge in [-0.25, -0.2) is 4.98 Å². The summed E-state index contributed by atoms with van der Waals surface area (Å²) >= 11 is 1.63. The number of aromatic nitrogens is 2. The van der Waals surface area contributed by atoms with Gasteiger partial charge in [0, 0.05) is 23.3 Å². The number of anilines is 1. The summed E-state index contributed by atoms with van der Waals surface area (Å²) in [6, 6.07) is 5.62. The Hall–Kier alpha value is -2.01. The van der Waals surface area contributed by atoms with Gasteiger partial charge >= 0.3 is 0 Å². The Balaban J connectivity index is 1.83. The number of aromatic hydroxyl groups is 1. The Labute approximate surface area is 115 Å². The van der Waals surface area contributed by atoms with E-state index in [1.165, 1.54) is 0 Å². The zero-order valence-electron chi connectivity index (χ0n) is 10.8. The molecule has 0 saturated heterocycles. The molecule has 0 atom stereocenters. The zero-order chi connectivity index (χ0) is 13.4. The van der Waals surface area contributed by atoms with E-state index in [1.807, 2.05) is 37.6 Å². The highest BCUT2D eigenvalue weighted by Gasteiger charge is 2.09. The van der Waals surface area contributed by atoms with Gasteiger partial charge in [-0.2, -0.15) is 0 Å². The number of aryl methyl sites for hydroxylation is 2. The van der Waals surface area contributed by atoms with Crippen molar-refractivity contribution in [3.63, 3.8) is 0 Å². The number of thiazole rings is 1. The van der Waals surface area contributed by atoms with Crippen LogP contribution in [-0.4, -0.2) is 14.5 Å². The summed E-state index contributed by atoms with van der Waals surface area (Å²) < 4.78 is 2.10. The van der Waals surface area contributed by atoms with E-state index >= 15 is 0 Å². The quantitative estimate of drug-likeness (QED) is 0.769. The molecule has 3 aromatic rings. The minimum absolute atomic E-state index is 0.315. The molecule has 4 nitrogen and oxygen atoms in total. The first kappa shape index (κ1) is 12.0. The fraction of sp³-hybridized carbons (Fsp3) is 0.214. The van der Waals surface area contributed by atoms with E-state index in [4.69, 9.17) is 0 Å². The fourth-order valence-electron chi connectivity index (χ4n) is 2.06. The second kappa shape index (κ2) is 4.59. The molecule has 2 aromatic heterocycles. The van der Waals surface area contributed by atoms with Crippen LogP contribution in [0, 0.1) is 13.8 Å². The SMILES string of the molecule is Cc1ccc(NCc2c(C)nc3sccn23)cc1O. The molecule has 0 amide bonds. The minimum Gasteiger partial charge on any atom is -0.508 e. The Morgan fingerprint density at radius 3 is 3.00 bits per heavy atom. The van der Waals surface area contributed by atoms with Crippen molar-refractivity contribution >= 4 is 22.0 Å². The maximum Gasteiger partial charge on any atom is 0.194 e. The highest BCUT2D eigenvalue weighted by molar-refractivity contribution is 7.15. The number of nitrogens with one attached hydrogen (secondary N) is 1. The molecule has 0 spiro atoms. The fourth-order valence-corrected chi connectivity index (χ4v) is 2.84. The van der Waals surface area contributed by atoms with Gasteiger partial charge in [0.05, 0.1) is 17.9 Å². The van der Waals surface area contributed by atoms with E-state index in [0.717, 1.165) is 27.6 Å². The topological polar surface area (TPSA) is 49.6 Å². The molecular weight excluding hydrogens is 258 g/mol. The molecule has 0 fully saturated rings. The third-order valence-corrected chi connectivity index (χ3v) is 3.99. The first-order valence-corrected chi connectivity index (χ1v) is 6.97. The standard InChI is InChI=1S/C14H15N3OS/c1-9-3-4-11(7-13(9)18)15-8-12-10(2)16-14-17(12)5-6-19-14/h3-7,15,18H,8H2,1-2H3. The van der Waals surface area contributed by atoms with Crippen molar-refractivity contribution < 1.29 is 5.11 Å². The van der Waals surface area contributed by atoms with Gasteiger partial charge in [0.1, 0.15) is 5.75 Å². The van der Waals surface area contributed by atoms with Crippen LogP contribution < -0.4 is 5.32 Å². The summed E-state index contributed by atoms with van der Waals surface area (Å²) in [6.45, 7) is 4.59. The Morgan fingerprint density at radius 2 is 2.21 bits per heavy atom. The van der Waals surface area contributed by atoms with Crippen molar-refractivity contribution in [1.82, 2.24) is 9.38 Å². The summed E-state index contributed by atoms with van der Waals surface area (Å²) in [6.07, 6.45) is 2.03. The normalized spacial score (nSPS) is 11.1. The van der Waals surface area contributed by atoms with E-state index in [0.29, 0.717) is 12.3 Å². The lowest BCUT2D eigenvalue weighted by Crippen LogP contribution is -2.03. The second-order valence-electron chi connectivity index (χ2n) is 4.55. The predicted octanol–water partition coefficient (Wildman–Crippen LogP) is 3.33. The van der Waals surface area contributed by atoms with Crippen LogP contribution in [0.15, 0.2) is 29.8 Å². The largest absolute Gasteiger partial charge is 0.508 e. The van der Waals surface area contributed by atoms with Crippen molar-refractivity contribution in [3.05, 3.63) is 46.7 Å². The van der Waals surface area contributed by atoms with E-state index in [9.17, 15) is 5.11 Å². The predicted molar refractivity (Wildman–Crippen MR) is 78.0 cm³/mol. The molecule has 3 rings (SSSR count). The monoisotopic (exact) mass is 273 g/mol. The molecule has 0 aliphatic carbocycles. The van der Waals surface area contributed by atoms with Crippen LogP contribution in [0.3, 0.4) is 0 Å². The summed E-state index contributed by atoms with van der Waals surface area (Å²) in [4.78, 5) is 5.52. The van der Waals surface area contributed by atoms with Crippen LogP contribution in [0.5, 0.6) is 5.75 Å². The maximum atomic E-state index is 9.69. The number of phenols is 1. The minimum atomic E-state index is 0.315. The van der Waals surface area contributed by atoms with E-state index in [2.05, 4.69) is 14.7 Å². The molecule has 0 aliphatic rings. The number of fused-ring (bicyclic) bond motifs is 1. The van der Waals surface area contributed by atoms with Gasteiger partial charge in [-0.1, -0.05) is 6.07 Å². The van der Waals surface area contributed by atoms with Gasteiger partial charge < -0.3 is 10.4 Å². The molecule has 0 unspecified atom stereocenters. The van der Waals surface area contributed by atoms with Crippen molar-refractivity contribution in [3.8, 4) is 5.75 Å². The number of hydrogen-bond acceptors (Lipinski definition) is 4. The van der Waals surface area contributed by atoms with Crippen LogP contribution >= 0.6 is 11.3 Å². The van der Waals surface area contributed by atoms with E-state index < -0.39 is 0 Å². The number of imidazole rings is 1. The summed E-state index contributed by atoms with van der Waals surface area (Å²) in [7, 11) is 0. The summed E-state index contributed by atoms with van der Waals surface area (Å²) in [5.41, 5.74) is 3.98. The van der Waals surface area contributed by atoms with Gasteiger partial charge in [0.25, 0.3) is 0 Å². The van der Waals surface area contributed by atoms with Crippen molar-refractivity contribution in [1.29, 1.82) is 0 Å². The van der Waals surface area contributed by atoms with Crippen molar-refractivity contribution in [2.45, 2.75) is 20.4 Å². The number of benzene rings is 1. The van der Waals surface area contributed by atoms with Gasteiger partial charge in [-0.15, -0.1) is 11.3 Å². The molecular formula is C14H15N3OS. The van der Waals surface area contributed by atoms with Gasteiger partial charge in [-0.05, 0) is 25.5 Å². The highest BCUT2D eigenvalue weighted by Crippen LogP contribution is 2.22. The Bertz CT molecular complexity index is 729. The molecule has 0 aliphatic heterocycles. The molecule has 0 radical (unpaired) electrons. The first-order valence-electron chi connectivity index (χ1n) is 6.09. The molecule has 0 bridgehead atoms. The molecule has 98 valence electrons. The van der Waals surface area contributed by atoms with Crippen LogP contribution in [-0.2, 0) is 6.54 Å². The smallest absolute Gasteiger partial charge is 0.194 e. The van der Waals surface area contributed by atoms with Gasteiger partial charge in [-0.3, -0.25) is 4.40 Å². The zero-order valence-corrected chi connectivity index (χ0v) is 11.7. The number of hydrogen-bond donors (Lipinski definition) is 2. The molecule has 5 heteroatoms. The van der Waals surface area contributed by atoms with Crippen molar-refractivity contribution in [2.75, 3.05) is 5.32 Å². The van der Waals surface area contributed by atoms with Crippen LogP contribution in [0.4, 0.5) is 5.69 Å². The lowest BCUT2D eigenvalue weighted by Gasteiger charge is -2.08. The third kappa shape index (κ3) is 2.17. The second-order valence-corrected chi connectivity index (χ2v) is 5.43. The summed E-state index contributed by atoms with van der Waals surface area (Å²) in [5, 5.41) is 15.0. The van der Waals surface area contributed by atoms with E-state index in [-0.39, 0.29) is 0 Å². The highest BCUT2D eigenvalue weighted by atomic mass is 32.1. The summed E-state index contributed by atoms with van der Waals surface area (Å²) in [5.74, 6) is 0.315. The van der Waals surface area contributed by atoms with Gasteiger partial charge in [0.2, 0.25) is 0 Å². The number of phenolic OH excluding ortho intramolecular Hbond substituents is 1. The molecule has 2 N–H and O–H groups in total. The molecule has 1 aromatic carbocycles. The first-order chi connectivity index (χ1) is 9.15. The number of nitrogens with zero attached hydrogens (tertiary/aromatic N) is 2. The van der Waals surface area contributed by atoms with E-state index in [1.54, 1.807) is 17.4 Å². The van der Waals surface area contributed by atoms with Crippen LogP contribution in [0.25, 0.3) is 4.96 Å². The number of rotatable bonds is 3. The Morgan fingerprint density at radius 1 is 1.37 bits per heavy atom. The Kier molecular flexibility index (Phi) is 2.91. The lowest BCUT2D eigenvalue weighted by atomic mass is 10.2. The van der Waals surface area contributed by atoms with Crippen LogP contribution in [0.1, 0.15) is 17.0 Å². The average Bonchev–Trinajstić information content (AvgIpc) is 2.92. The average molecular weight is 273 g/mol. The maximum absolute atomic E-state index is 9.69. The van der Waals surface area contributed by atoms with Crippen molar-refractivity contribution in [2.24, 2.45) is 0 Å². The molecule has 2 heterocycles. The molecule has 19 heavy (non-hydrogen) atoms.